The van der Waals surface area contributed by atoms with Crippen LogP contribution in [0.5, 0.6) is 0 Å². The molecule has 0 amide bonds. The van der Waals surface area contributed by atoms with Crippen LogP contribution in [0.25, 0.3) is 0 Å². The van der Waals surface area contributed by atoms with Gasteiger partial charge in [-0.05, 0) is 0 Å². The van der Waals surface area contributed by atoms with Crippen LogP contribution < -0.4 is 0 Å². The average Bonchev–Trinajstić information content (AvgIpc) is 1.31. The second kappa shape index (κ2) is 1.67. The lowest BCUT2D eigenvalue weighted by molar-refractivity contribution is -0.296. The Labute approximate surface area is 37.2 Å². The van der Waals surface area contributed by atoms with Crippen LogP contribution in [0.15, 0.2) is 0 Å². The van der Waals surface area contributed by atoms with E-state index in [-0.39, 0.29) is 0 Å². The minimum atomic E-state index is -5.00. The quantitative estimate of drug-likeness (QED) is 0.453. The van der Waals surface area contributed by atoms with Crippen molar-refractivity contribution in [2.75, 3.05) is 0 Å². The predicted molar refractivity (Wildman–Crippen MR) is 12.7 cm³/mol. The number of aliphatic hydroxyl groups is 1. The third-order valence-corrected chi connectivity index (χ3v) is 0.280. The summed E-state index contributed by atoms with van der Waals surface area (Å²) in [5, 5.41) is 16.2. The SMILES string of the molecule is [O]C(O)C(F)(F)F. The van der Waals surface area contributed by atoms with Crippen molar-refractivity contribution in [3.8, 4) is 0 Å². The van der Waals surface area contributed by atoms with Gasteiger partial charge in [-0.3, -0.25) is 0 Å². The number of alkyl halides is 3. The van der Waals surface area contributed by atoms with Crippen molar-refractivity contribution < 1.29 is 23.4 Å². The molecule has 0 rings (SSSR count). The summed E-state index contributed by atoms with van der Waals surface area (Å²) in [6.07, 6.45) is -8.45. The van der Waals surface area contributed by atoms with Gasteiger partial charge >= 0.3 is 6.18 Å². The molecule has 0 spiro atoms. The zero-order valence-corrected chi connectivity index (χ0v) is 3.07. The minimum Gasteiger partial charge on any atom is -0.359 e. The van der Waals surface area contributed by atoms with Gasteiger partial charge in [0.2, 0.25) is 0 Å². The van der Waals surface area contributed by atoms with Crippen molar-refractivity contribution >= 4 is 0 Å². The number of hydrogen-bond acceptors (Lipinski definition) is 1. The molecule has 1 N–H and O–H groups in total. The molecule has 7 heavy (non-hydrogen) atoms. The van der Waals surface area contributed by atoms with E-state index in [1.807, 2.05) is 0 Å². The molecule has 0 aliphatic carbocycles. The third-order valence-electron chi connectivity index (χ3n) is 0.280. The van der Waals surface area contributed by atoms with Crippen LogP contribution in [0.4, 0.5) is 13.2 Å². The molecule has 0 aliphatic heterocycles. The van der Waals surface area contributed by atoms with Crippen LogP contribution in [-0.2, 0) is 5.11 Å². The number of halogens is 3. The fourth-order valence-corrected chi connectivity index (χ4v) is 0. The fourth-order valence-electron chi connectivity index (χ4n) is 0. The van der Waals surface area contributed by atoms with E-state index in [0.717, 1.165) is 0 Å². The molecule has 1 atom stereocenters. The van der Waals surface area contributed by atoms with Gasteiger partial charge in [0.25, 0.3) is 6.29 Å². The molecule has 0 aromatic heterocycles. The molecule has 0 bridgehead atoms. The summed E-state index contributed by atoms with van der Waals surface area (Å²) in [6, 6.07) is 0. The average molecular weight is 115 g/mol. The van der Waals surface area contributed by atoms with Gasteiger partial charge in [-0.25, -0.2) is 0 Å². The first-order valence-electron chi connectivity index (χ1n) is 1.35. The summed E-state index contributed by atoms with van der Waals surface area (Å²) in [7, 11) is 0. The van der Waals surface area contributed by atoms with E-state index in [1.165, 1.54) is 0 Å². The molecule has 0 fully saturated rings. The summed E-state index contributed by atoms with van der Waals surface area (Å²) in [5.41, 5.74) is 0. The highest BCUT2D eigenvalue weighted by Gasteiger charge is 2.38. The second-order valence-corrected chi connectivity index (χ2v) is 0.894. The van der Waals surface area contributed by atoms with E-state index in [4.69, 9.17) is 10.2 Å². The second-order valence-electron chi connectivity index (χ2n) is 0.894. The monoisotopic (exact) mass is 115 g/mol. The maximum absolute atomic E-state index is 10.6. The van der Waals surface area contributed by atoms with E-state index in [1.54, 1.807) is 0 Å². The normalized spacial score (nSPS) is 12.9. The van der Waals surface area contributed by atoms with E-state index < -0.39 is 12.5 Å². The molecule has 0 saturated heterocycles. The molecular weight excluding hydrogens is 113 g/mol. The first kappa shape index (κ1) is 6.71. The summed E-state index contributed by atoms with van der Waals surface area (Å²) >= 11 is 0. The summed E-state index contributed by atoms with van der Waals surface area (Å²) in [6.45, 7) is 0. The zero-order chi connectivity index (χ0) is 6.08. The van der Waals surface area contributed by atoms with Gasteiger partial charge in [0, 0.05) is 0 Å². The standard InChI is InChI=1S/C2H2F3O2/c3-2(4,5)1(6)7/h1,6H. The number of rotatable bonds is 0. The maximum atomic E-state index is 10.6. The molecule has 2 nitrogen and oxygen atoms in total. The first-order valence-corrected chi connectivity index (χ1v) is 1.35. The zero-order valence-electron chi connectivity index (χ0n) is 3.07. The Morgan fingerprint density at radius 2 is 1.57 bits per heavy atom. The van der Waals surface area contributed by atoms with Gasteiger partial charge in [0.05, 0.1) is 0 Å². The van der Waals surface area contributed by atoms with Crippen LogP contribution in [0.1, 0.15) is 0 Å². The molecule has 0 heterocycles. The van der Waals surface area contributed by atoms with Crippen molar-refractivity contribution in [2.45, 2.75) is 12.5 Å². The van der Waals surface area contributed by atoms with Crippen LogP contribution in [0.3, 0.4) is 0 Å². The Morgan fingerprint density at radius 3 is 1.57 bits per heavy atom. The largest absolute Gasteiger partial charge is 0.442 e. The van der Waals surface area contributed by atoms with Gasteiger partial charge in [-0.2, -0.15) is 18.3 Å². The van der Waals surface area contributed by atoms with Crippen molar-refractivity contribution in [1.29, 1.82) is 0 Å². The molecule has 1 radical (unpaired) electrons. The Kier molecular flexibility index (Phi) is 1.60. The fraction of sp³-hybridized carbons (Fsp3) is 1.00. The van der Waals surface area contributed by atoms with Crippen molar-refractivity contribution in [3.63, 3.8) is 0 Å². The minimum absolute atomic E-state index is 3.45. The maximum Gasteiger partial charge on any atom is 0.442 e. The van der Waals surface area contributed by atoms with Crippen molar-refractivity contribution in [1.82, 2.24) is 0 Å². The van der Waals surface area contributed by atoms with E-state index in [9.17, 15) is 13.2 Å². The highest BCUT2D eigenvalue weighted by Crippen LogP contribution is 2.17. The molecule has 0 aromatic rings. The van der Waals surface area contributed by atoms with Crippen LogP contribution in [0.2, 0.25) is 0 Å². The van der Waals surface area contributed by atoms with Gasteiger partial charge < -0.3 is 5.11 Å². The number of aliphatic hydroxyl groups excluding tert-OH is 1. The summed E-state index contributed by atoms with van der Waals surface area (Å²) < 4.78 is 31.8. The van der Waals surface area contributed by atoms with Crippen LogP contribution in [-0.4, -0.2) is 17.6 Å². The highest BCUT2D eigenvalue weighted by molar-refractivity contribution is 4.47. The van der Waals surface area contributed by atoms with Gasteiger partial charge in [0.1, 0.15) is 0 Å². The van der Waals surface area contributed by atoms with Crippen LogP contribution in [0, 0.1) is 0 Å². The highest BCUT2D eigenvalue weighted by atomic mass is 19.4. The van der Waals surface area contributed by atoms with E-state index in [0.29, 0.717) is 0 Å². The molecule has 5 heteroatoms. The van der Waals surface area contributed by atoms with Gasteiger partial charge in [-0.15, -0.1) is 0 Å². The Morgan fingerprint density at radius 1 is 1.43 bits per heavy atom. The topological polar surface area (TPSA) is 40.1 Å². The molecule has 0 saturated carbocycles. The Bertz CT molecular complexity index is 56.4. The third kappa shape index (κ3) is 2.41. The van der Waals surface area contributed by atoms with Crippen LogP contribution >= 0.6 is 0 Å². The lowest BCUT2D eigenvalue weighted by Gasteiger charge is -2.03. The van der Waals surface area contributed by atoms with Crippen molar-refractivity contribution in [2.24, 2.45) is 0 Å². The Hall–Kier alpha value is -0.290. The molecule has 43 valence electrons. The lowest BCUT2D eigenvalue weighted by Crippen LogP contribution is -2.26. The molecule has 0 aromatic carbocycles. The van der Waals surface area contributed by atoms with E-state index >= 15 is 0 Å². The Balaban J connectivity index is 3.54. The lowest BCUT2D eigenvalue weighted by atomic mass is 10.6. The first-order chi connectivity index (χ1) is 2.94. The van der Waals surface area contributed by atoms with E-state index in [2.05, 4.69) is 0 Å². The number of hydrogen-bond donors (Lipinski definition) is 1. The molecule has 0 aliphatic rings. The smallest absolute Gasteiger partial charge is 0.359 e. The summed E-state index contributed by atoms with van der Waals surface area (Å²) in [5.74, 6) is 0. The molecule has 1 unspecified atom stereocenters. The van der Waals surface area contributed by atoms with Gasteiger partial charge in [-0.1, -0.05) is 0 Å². The van der Waals surface area contributed by atoms with Crippen molar-refractivity contribution in [3.05, 3.63) is 0 Å². The summed E-state index contributed by atoms with van der Waals surface area (Å²) in [4.78, 5) is 0. The molecular formula is C2H2F3O2. The van der Waals surface area contributed by atoms with Gasteiger partial charge in [0.15, 0.2) is 0 Å². The predicted octanol–water partition coefficient (Wildman–Crippen LogP) is 0.298.